The van der Waals surface area contributed by atoms with Crippen molar-refractivity contribution in [1.29, 1.82) is 0 Å². The van der Waals surface area contributed by atoms with Gasteiger partial charge in [-0.25, -0.2) is 0 Å². The van der Waals surface area contributed by atoms with Gasteiger partial charge in [0, 0.05) is 50.8 Å². The van der Waals surface area contributed by atoms with Gasteiger partial charge in [0.2, 0.25) is 0 Å². The summed E-state index contributed by atoms with van der Waals surface area (Å²) < 4.78 is 0. The lowest BCUT2D eigenvalue weighted by molar-refractivity contribution is 0.0830. The first kappa shape index (κ1) is 12.3. The Morgan fingerprint density at radius 1 is 1.00 bits per heavy atom. The molecule has 1 heterocycles. The predicted molar refractivity (Wildman–Crippen MR) is 68.8 cm³/mol. The number of nitrogens with zero attached hydrogens (tertiary/aromatic N) is 2. The molecular weight excluding hydrogens is 198 g/mol. The van der Waals surface area contributed by atoms with Crippen LogP contribution in [0.5, 0.6) is 0 Å². The van der Waals surface area contributed by atoms with E-state index in [4.69, 9.17) is 0 Å². The SMILES string of the molecule is CC(C)N1CCN(C(C)CNC2CC2)CC1. The van der Waals surface area contributed by atoms with Gasteiger partial charge in [-0.1, -0.05) is 0 Å². The molecule has 1 unspecified atom stereocenters. The summed E-state index contributed by atoms with van der Waals surface area (Å²) >= 11 is 0. The number of hydrogen-bond acceptors (Lipinski definition) is 3. The Balaban J connectivity index is 1.66. The first-order valence-corrected chi connectivity index (χ1v) is 6.88. The quantitative estimate of drug-likeness (QED) is 0.757. The van der Waals surface area contributed by atoms with Gasteiger partial charge in [-0.05, 0) is 33.6 Å². The summed E-state index contributed by atoms with van der Waals surface area (Å²) in [5.41, 5.74) is 0. The summed E-state index contributed by atoms with van der Waals surface area (Å²) in [6, 6.07) is 2.26. The highest BCUT2D eigenvalue weighted by molar-refractivity contribution is 4.84. The van der Waals surface area contributed by atoms with E-state index in [1.54, 1.807) is 0 Å². The van der Waals surface area contributed by atoms with Gasteiger partial charge >= 0.3 is 0 Å². The van der Waals surface area contributed by atoms with Crippen molar-refractivity contribution >= 4 is 0 Å². The lowest BCUT2D eigenvalue weighted by atomic mass is 10.2. The monoisotopic (exact) mass is 225 g/mol. The molecule has 3 nitrogen and oxygen atoms in total. The summed E-state index contributed by atoms with van der Waals surface area (Å²) in [5, 5.41) is 3.63. The highest BCUT2D eigenvalue weighted by Gasteiger charge is 2.25. The number of piperazine rings is 1. The molecule has 94 valence electrons. The van der Waals surface area contributed by atoms with E-state index < -0.39 is 0 Å². The maximum absolute atomic E-state index is 3.63. The van der Waals surface area contributed by atoms with Crippen molar-refractivity contribution in [2.45, 2.75) is 51.7 Å². The molecule has 3 heteroatoms. The van der Waals surface area contributed by atoms with Crippen LogP contribution in [0.2, 0.25) is 0 Å². The van der Waals surface area contributed by atoms with Crippen molar-refractivity contribution in [3.8, 4) is 0 Å². The molecule has 2 aliphatic rings. The Labute approximate surface area is 100 Å². The van der Waals surface area contributed by atoms with Gasteiger partial charge in [0.05, 0.1) is 0 Å². The zero-order chi connectivity index (χ0) is 11.5. The molecule has 1 aliphatic heterocycles. The first-order chi connectivity index (χ1) is 7.66. The highest BCUT2D eigenvalue weighted by atomic mass is 15.3. The molecule has 1 atom stereocenters. The van der Waals surface area contributed by atoms with Crippen LogP contribution in [0.15, 0.2) is 0 Å². The molecule has 1 saturated heterocycles. The van der Waals surface area contributed by atoms with Gasteiger partial charge in [-0.2, -0.15) is 0 Å². The second-order valence-electron chi connectivity index (χ2n) is 5.70. The van der Waals surface area contributed by atoms with Crippen LogP contribution >= 0.6 is 0 Å². The lowest BCUT2D eigenvalue weighted by Crippen LogP contribution is -2.53. The van der Waals surface area contributed by atoms with Gasteiger partial charge in [-0.3, -0.25) is 9.80 Å². The maximum Gasteiger partial charge on any atom is 0.0193 e. The fourth-order valence-corrected chi connectivity index (χ4v) is 2.45. The van der Waals surface area contributed by atoms with Crippen LogP contribution in [0, 0.1) is 0 Å². The minimum Gasteiger partial charge on any atom is -0.312 e. The van der Waals surface area contributed by atoms with E-state index in [-0.39, 0.29) is 0 Å². The van der Waals surface area contributed by atoms with Gasteiger partial charge in [-0.15, -0.1) is 0 Å². The van der Waals surface area contributed by atoms with E-state index in [1.807, 2.05) is 0 Å². The summed E-state index contributed by atoms with van der Waals surface area (Å²) in [7, 11) is 0. The summed E-state index contributed by atoms with van der Waals surface area (Å²) in [5.74, 6) is 0. The predicted octanol–water partition coefficient (Wildman–Crippen LogP) is 1.15. The number of hydrogen-bond donors (Lipinski definition) is 1. The maximum atomic E-state index is 3.63. The molecule has 0 aromatic carbocycles. The van der Waals surface area contributed by atoms with Crippen molar-refractivity contribution in [3.05, 3.63) is 0 Å². The molecule has 0 aromatic heterocycles. The fourth-order valence-electron chi connectivity index (χ4n) is 2.45. The van der Waals surface area contributed by atoms with E-state index in [0.717, 1.165) is 6.04 Å². The van der Waals surface area contributed by atoms with E-state index in [2.05, 4.69) is 35.9 Å². The van der Waals surface area contributed by atoms with Crippen LogP contribution in [0.4, 0.5) is 0 Å². The zero-order valence-electron chi connectivity index (χ0n) is 11.1. The van der Waals surface area contributed by atoms with E-state index in [1.165, 1.54) is 45.6 Å². The molecule has 0 radical (unpaired) electrons. The number of nitrogens with one attached hydrogen (secondary N) is 1. The topological polar surface area (TPSA) is 18.5 Å². The molecule has 0 spiro atoms. The van der Waals surface area contributed by atoms with Crippen LogP contribution in [-0.2, 0) is 0 Å². The van der Waals surface area contributed by atoms with Crippen LogP contribution in [0.3, 0.4) is 0 Å². The average molecular weight is 225 g/mol. The van der Waals surface area contributed by atoms with Crippen LogP contribution < -0.4 is 5.32 Å². The van der Waals surface area contributed by atoms with Crippen molar-refractivity contribution in [2.75, 3.05) is 32.7 Å². The Morgan fingerprint density at radius 2 is 1.56 bits per heavy atom. The van der Waals surface area contributed by atoms with Crippen molar-refractivity contribution < 1.29 is 0 Å². The minimum atomic E-state index is 0.704. The Bertz CT molecular complexity index is 205. The molecule has 2 rings (SSSR count). The van der Waals surface area contributed by atoms with Gasteiger partial charge in [0.25, 0.3) is 0 Å². The smallest absolute Gasteiger partial charge is 0.0193 e. The Hall–Kier alpha value is -0.120. The molecule has 0 bridgehead atoms. The minimum absolute atomic E-state index is 0.704. The van der Waals surface area contributed by atoms with Crippen molar-refractivity contribution in [1.82, 2.24) is 15.1 Å². The third-order valence-corrected chi connectivity index (χ3v) is 3.98. The molecule has 16 heavy (non-hydrogen) atoms. The molecule has 1 aliphatic carbocycles. The third-order valence-electron chi connectivity index (χ3n) is 3.98. The summed E-state index contributed by atoms with van der Waals surface area (Å²) in [4.78, 5) is 5.21. The lowest BCUT2D eigenvalue weighted by Gasteiger charge is -2.39. The third kappa shape index (κ3) is 3.44. The standard InChI is InChI=1S/C13H27N3/c1-11(2)15-6-8-16(9-7-15)12(3)10-14-13-4-5-13/h11-14H,4-10H2,1-3H3. The zero-order valence-corrected chi connectivity index (χ0v) is 11.1. The van der Waals surface area contributed by atoms with Crippen molar-refractivity contribution in [3.63, 3.8) is 0 Å². The van der Waals surface area contributed by atoms with Gasteiger partial charge < -0.3 is 5.32 Å². The molecular formula is C13H27N3. The molecule has 0 aromatic rings. The Kier molecular flexibility index (Phi) is 4.22. The molecule has 1 N–H and O–H groups in total. The molecule has 2 fully saturated rings. The van der Waals surface area contributed by atoms with Crippen molar-refractivity contribution in [2.24, 2.45) is 0 Å². The highest BCUT2D eigenvalue weighted by Crippen LogP contribution is 2.18. The Morgan fingerprint density at radius 3 is 2.06 bits per heavy atom. The van der Waals surface area contributed by atoms with E-state index in [9.17, 15) is 0 Å². The van der Waals surface area contributed by atoms with Crippen LogP contribution in [-0.4, -0.2) is 60.6 Å². The van der Waals surface area contributed by atoms with Crippen LogP contribution in [0.25, 0.3) is 0 Å². The van der Waals surface area contributed by atoms with Crippen LogP contribution in [0.1, 0.15) is 33.6 Å². The summed E-state index contributed by atoms with van der Waals surface area (Å²) in [6.07, 6.45) is 2.79. The second-order valence-corrected chi connectivity index (χ2v) is 5.70. The van der Waals surface area contributed by atoms with E-state index in [0.29, 0.717) is 12.1 Å². The fraction of sp³-hybridized carbons (Fsp3) is 1.00. The molecule has 0 amide bonds. The summed E-state index contributed by atoms with van der Waals surface area (Å²) in [6.45, 7) is 13.1. The normalized spacial score (nSPS) is 26.2. The second kappa shape index (κ2) is 5.48. The first-order valence-electron chi connectivity index (χ1n) is 6.88. The largest absolute Gasteiger partial charge is 0.312 e. The average Bonchev–Trinajstić information content (AvgIpc) is 3.10. The molecule has 1 saturated carbocycles. The van der Waals surface area contributed by atoms with Gasteiger partial charge in [0.15, 0.2) is 0 Å². The number of rotatable bonds is 5. The van der Waals surface area contributed by atoms with E-state index >= 15 is 0 Å². The van der Waals surface area contributed by atoms with Gasteiger partial charge in [0.1, 0.15) is 0 Å².